The number of nitrogens with one attached hydrogen (secondary N) is 4. The van der Waals surface area contributed by atoms with Crippen LogP contribution < -0.4 is 27.0 Å². The number of amides is 5. The van der Waals surface area contributed by atoms with Gasteiger partial charge in [-0.2, -0.15) is 13.2 Å². The van der Waals surface area contributed by atoms with E-state index in [1.807, 2.05) is 35.6 Å². The van der Waals surface area contributed by atoms with Gasteiger partial charge in [0.15, 0.2) is 6.10 Å². The van der Waals surface area contributed by atoms with E-state index in [0.717, 1.165) is 11.1 Å². The molecule has 14 heteroatoms. The maximum absolute atomic E-state index is 13.0. The van der Waals surface area contributed by atoms with E-state index in [1.165, 1.54) is 6.92 Å². The Labute approximate surface area is 246 Å². The van der Waals surface area contributed by atoms with E-state index in [2.05, 4.69) is 16.0 Å². The van der Waals surface area contributed by atoms with Crippen LogP contribution in [0.4, 0.5) is 13.2 Å². The van der Waals surface area contributed by atoms with Crippen molar-refractivity contribution in [2.75, 3.05) is 6.54 Å². The zero-order chi connectivity index (χ0) is 32.3. The van der Waals surface area contributed by atoms with Crippen LogP contribution in [-0.4, -0.2) is 71.6 Å². The fraction of sp³-hybridized carbons (Fsp3) is 0.414. The van der Waals surface area contributed by atoms with Crippen LogP contribution in [0.3, 0.4) is 0 Å². The van der Waals surface area contributed by atoms with E-state index < -0.39 is 79.3 Å². The van der Waals surface area contributed by atoms with Gasteiger partial charge in [-0.05, 0) is 42.5 Å². The first kappa shape index (κ1) is 34.7. The molecule has 0 aliphatic carbocycles. The number of aliphatic hydroxyl groups excluding tert-OH is 1. The standard InChI is InChI=1S/C29H36F3N5O6/c1-16(2)24(37-27(42)20-11-9-19(10-12-20)18-7-5-4-6-8-18)28(43)34-15-23(39)35-17(3)26(41)36-21(13-14-22(33)38)25(40)29(30,31)32/h4-12,16-17,21,24-25,40H,13-15H2,1-3H3,(H2,33,38)(H,34,43)(H,35,39)(H,36,41)(H,37,42)/t17-,21?,24-,25?/m0/s1. The van der Waals surface area contributed by atoms with Crippen molar-refractivity contribution in [3.8, 4) is 11.1 Å². The summed E-state index contributed by atoms with van der Waals surface area (Å²) in [5.74, 6) is -4.37. The molecule has 234 valence electrons. The van der Waals surface area contributed by atoms with Crippen molar-refractivity contribution < 1.29 is 42.3 Å². The van der Waals surface area contributed by atoms with Crippen molar-refractivity contribution in [3.05, 3.63) is 60.2 Å². The largest absolute Gasteiger partial charge is 0.416 e. The van der Waals surface area contributed by atoms with E-state index in [4.69, 9.17) is 5.73 Å². The number of benzene rings is 2. The monoisotopic (exact) mass is 607 g/mol. The van der Waals surface area contributed by atoms with E-state index in [-0.39, 0.29) is 5.92 Å². The number of alkyl halides is 3. The first-order valence-corrected chi connectivity index (χ1v) is 13.5. The first-order chi connectivity index (χ1) is 20.1. The van der Waals surface area contributed by atoms with Gasteiger partial charge < -0.3 is 32.1 Å². The Morgan fingerprint density at radius 3 is 1.95 bits per heavy atom. The fourth-order valence-electron chi connectivity index (χ4n) is 3.98. The third-order valence-corrected chi connectivity index (χ3v) is 6.43. The maximum atomic E-state index is 13.0. The first-order valence-electron chi connectivity index (χ1n) is 13.5. The predicted octanol–water partition coefficient (Wildman–Crippen LogP) is 1.40. The van der Waals surface area contributed by atoms with Gasteiger partial charge in [-0.15, -0.1) is 0 Å². The molecular weight excluding hydrogens is 571 g/mol. The van der Waals surface area contributed by atoms with Crippen LogP contribution >= 0.6 is 0 Å². The van der Waals surface area contributed by atoms with Crippen molar-refractivity contribution in [1.82, 2.24) is 21.3 Å². The van der Waals surface area contributed by atoms with Gasteiger partial charge in [0.25, 0.3) is 5.91 Å². The summed E-state index contributed by atoms with van der Waals surface area (Å²) in [7, 11) is 0. The van der Waals surface area contributed by atoms with Gasteiger partial charge in [0.2, 0.25) is 23.6 Å². The second-order valence-corrected chi connectivity index (χ2v) is 10.3. The molecule has 0 aliphatic rings. The van der Waals surface area contributed by atoms with Crippen molar-refractivity contribution in [2.45, 2.75) is 64.0 Å². The molecule has 0 aromatic heterocycles. The minimum absolute atomic E-state index is 0.320. The van der Waals surface area contributed by atoms with Gasteiger partial charge in [0.05, 0.1) is 12.6 Å². The summed E-state index contributed by atoms with van der Waals surface area (Å²) < 4.78 is 39.0. The number of rotatable bonds is 14. The fourth-order valence-corrected chi connectivity index (χ4v) is 3.98. The highest BCUT2D eigenvalue weighted by Gasteiger charge is 2.44. The van der Waals surface area contributed by atoms with E-state index in [1.54, 1.807) is 38.1 Å². The summed E-state index contributed by atoms with van der Waals surface area (Å²) in [5.41, 5.74) is 7.15. The van der Waals surface area contributed by atoms with Crippen LogP contribution in [0.2, 0.25) is 0 Å². The number of carbonyl (C=O) groups excluding carboxylic acids is 5. The van der Waals surface area contributed by atoms with Crippen molar-refractivity contribution in [3.63, 3.8) is 0 Å². The lowest BCUT2D eigenvalue weighted by Crippen LogP contribution is -2.56. The summed E-state index contributed by atoms with van der Waals surface area (Å²) in [6, 6.07) is 12.1. The molecule has 0 bridgehead atoms. The Hall–Kier alpha value is -4.46. The molecule has 0 saturated heterocycles. The van der Waals surface area contributed by atoms with E-state index in [0.29, 0.717) is 5.56 Å². The summed E-state index contributed by atoms with van der Waals surface area (Å²) in [6.07, 6.45) is -9.17. The van der Waals surface area contributed by atoms with E-state index in [9.17, 15) is 42.3 Å². The quantitative estimate of drug-likeness (QED) is 0.189. The zero-order valence-corrected chi connectivity index (χ0v) is 23.9. The number of nitrogens with two attached hydrogens (primary N) is 1. The molecule has 0 fully saturated rings. The van der Waals surface area contributed by atoms with Gasteiger partial charge >= 0.3 is 6.18 Å². The van der Waals surface area contributed by atoms with Crippen LogP contribution in [0.5, 0.6) is 0 Å². The van der Waals surface area contributed by atoms with Crippen molar-refractivity contribution >= 4 is 29.5 Å². The van der Waals surface area contributed by atoms with Crippen LogP contribution in [0.1, 0.15) is 44.0 Å². The molecule has 0 heterocycles. The second kappa shape index (κ2) is 15.7. The third kappa shape index (κ3) is 11.0. The van der Waals surface area contributed by atoms with Gasteiger partial charge in [-0.25, -0.2) is 0 Å². The van der Waals surface area contributed by atoms with Crippen LogP contribution in [0, 0.1) is 5.92 Å². The Morgan fingerprint density at radius 1 is 0.837 bits per heavy atom. The molecule has 0 radical (unpaired) electrons. The lowest BCUT2D eigenvalue weighted by atomic mass is 10.0. The molecule has 2 unspecified atom stereocenters. The number of primary amides is 1. The van der Waals surface area contributed by atoms with Crippen molar-refractivity contribution in [1.29, 1.82) is 0 Å². The van der Waals surface area contributed by atoms with Crippen LogP contribution in [-0.2, 0) is 19.2 Å². The Kier molecular flexibility index (Phi) is 12.7. The maximum Gasteiger partial charge on any atom is 0.416 e. The predicted molar refractivity (Wildman–Crippen MR) is 151 cm³/mol. The highest BCUT2D eigenvalue weighted by Crippen LogP contribution is 2.24. The second-order valence-electron chi connectivity index (χ2n) is 10.3. The van der Waals surface area contributed by atoms with Crippen molar-refractivity contribution in [2.24, 2.45) is 11.7 Å². The molecule has 11 nitrogen and oxygen atoms in total. The topological polar surface area (TPSA) is 180 Å². The van der Waals surface area contributed by atoms with Gasteiger partial charge in [0.1, 0.15) is 12.1 Å². The molecule has 2 rings (SSSR count). The van der Waals surface area contributed by atoms with Gasteiger partial charge in [-0.3, -0.25) is 24.0 Å². The molecule has 4 atom stereocenters. The highest BCUT2D eigenvalue weighted by molar-refractivity contribution is 5.98. The molecule has 2 aromatic rings. The summed E-state index contributed by atoms with van der Waals surface area (Å²) in [5, 5.41) is 18.8. The summed E-state index contributed by atoms with van der Waals surface area (Å²) >= 11 is 0. The SMILES string of the molecule is CC(C)[C@H](NC(=O)c1ccc(-c2ccccc2)cc1)C(=O)NCC(=O)N[C@@H](C)C(=O)NC(CCC(N)=O)C(O)C(F)(F)F. The lowest BCUT2D eigenvalue weighted by molar-refractivity contribution is -0.212. The molecule has 0 saturated carbocycles. The Morgan fingerprint density at radius 2 is 1.42 bits per heavy atom. The number of carbonyl (C=O) groups is 5. The Bertz CT molecular complexity index is 1270. The average molecular weight is 608 g/mol. The number of hydrogen-bond donors (Lipinski definition) is 6. The summed E-state index contributed by atoms with van der Waals surface area (Å²) in [6.45, 7) is 3.97. The minimum atomic E-state index is -5.08. The molecule has 5 amide bonds. The molecule has 7 N–H and O–H groups in total. The number of hydrogen-bond acceptors (Lipinski definition) is 6. The molecule has 43 heavy (non-hydrogen) atoms. The van der Waals surface area contributed by atoms with E-state index >= 15 is 0 Å². The third-order valence-electron chi connectivity index (χ3n) is 6.43. The smallest absolute Gasteiger partial charge is 0.382 e. The van der Waals surface area contributed by atoms with Crippen LogP contribution in [0.25, 0.3) is 11.1 Å². The molecular formula is C29H36F3N5O6. The Balaban J connectivity index is 1.92. The normalized spacial score (nSPS) is 14.1. The molecule has 0 spiro atoms. The number of aliphatic hydroxyl groups is 1. The minimum Gasteiger partial charge on any atom is -0.382 e. The summed E-state index contributed by atoms with van der Waals surface area (Å²) in [4.78, 5) is 61.4. The molecule has 0 aliphatic heterocycles. The lowest BCUT2D eigenvalue weighted by Gasteiger charge is -2.27. The van der Waals surface area contributed by atoms with Gasteiger partial charge in [-0.1, -0.05) is 56.3 Å². The van der Waals surface area contributed by atoms with Crippen LogP contribution in [0.15, 0.2) is 54.6 Å². The molecule has 2 aromatic carbocycles. The zero-order valence-electron chi connectivity index (χ0n) is 23.9. The van der Waals surface area contributed by atoms with Gasteiger partial charge in [0, 0.05) is 12.0 Å². The average Bonchev–Trinajstić information content (AvgIpc) is 2.95. The number of halogens is 3. The highest BCUT2D eigenvalue weighted by atomic mass is 19.4.